The van der Waals surface area contributed by atoms with E-state index in [0.717, 1.165) is 78.0 Å². The molecule has 11 heteroatoms. The first-order valence-corrected chi connectivity index (χ1v) is 15.5. The number of carbonyl (C=O) groups excluding carboxylic acids is 1. The van der Waals surface area contributed by atoms with Crippen molar-refractivity contribution in [2.24, 2.45) is 0 Å². The van der Waals surface area contributed by atoms with Crippen molar-refractivity contribution in [2.45, 2.75) is 38.5 Å². The van der Waals surface area contributed by atoms with E-state index in [1.165, 1.54) is 33.4 Å². The number of carbonyl (C=O) groups is 1. The number of thiazole rings is 2. The third-order valence-electron chi connectivity index (χ3n) is 7.47. The summed E-state index contributed by atoms with van der Waals surface area (Å²) in [5, 5.41) is 3.45. The Morgan fingerprint density at radius 1 is 0.795 bits per heavy atom. The predicted octanol–water partition coefficient (Wildman–Crippen LogP) is 8.81. The number of benzene rings is 3. The SMILES string of the molecule is [C-]#[N+]c1ccc2c(c1)CCCc1nc(N)sc1-2.[C-]#[N+]c1ccc2c(c1)CCCc1nc(NC(=O)c3c(F)cccc3F)sc1-2. The van der Waals surface area contributed by atoms with Crippen LogP contribution in [0.1, 0.15) is 45.7 Å². The Morgan fingerprint density at radius 2 is 1.34 bits per heavy atom. The highest BCUT2D eigenvalue weighted by molar-refractivity contribution is 7.19. The number of fused-ring (bicyclic) bond motifs is 6. The third kappa shape index (κ3) is 5.80. The van der Waals surface area contributed by atoms with Gasteiger partial charge in [0.15, 0.2) is 21.6 Å². The summed E-state index contributed by atoms with van der Waals surface area (Å²) in [6, 6.07) is 14.7. The fourth-order valence-electron chi connectivity index (χ4n) is 5.46. The second-order valence-corrected chi connectivity index (χ2v) is 12.3. The van der Waals surface area contributed by atoms with E-state index in [9.17, 15) is 13.6 Å². The summed E-state index contributed by atoms with van der Waals surface area (Å²) in [6.45, 7) is 14.2. The number of amides is 1. The first-order chi connectivity index (χ1) is 21.3. The lowest BCUT2D eigenvalue weighted by Gasteiger charge is -2.06. The number of halogens is 2. The molecule has 0 atom stereocenters. The smallest absolute Gasteiger partial charge is 0.263 e. The maximum Gasteiger partial charge on any atom is 0.263 e. The van der Waals surface area contributed by atoms with Gasteiger partial charge in [0, 0.05) is 0 Å². The standard InChI is InChI=1S/C20H13F2N3OS.C13H11N3S/c1-23-12-8-9-13-11(10-12)4-2-7-16-18(13)27-20(24-16)25-19(26)17-14(21)5-3-6-15(17)22;1-15-9-5-6-10-8(7-9)3-2-4-11-12(10)17-13(14)16-11/h3,5-6,8-10H,2,4,7H2,(H,24,25,26);5-7H,2-4H2,(H2,14,16). The van der Waals surface area contributed by atoms with E-state index in [2.05, 4.69) is 25.0 Å². The first kappa shape index (κ1) is 29.1. The Labute approximate surface area is 260 Å². The molecule has 3 aromatic carbocycles. The van der Waals surface area contributed by atoms with Crippen molar-refractivity contribution in [1.29, 1.82) is 0 Å². The van der Waals surface area contributed by atoms with E-state index in [-0.39, 0.29) is 0 Å². The number of anilines is 2. The van der Waals surface area contributed by atoms with Crippen molar-refractivity contribution < 1.29 is 13.6 Å². The number of aromatic nitrogens is 2. The van der Waals surface area contributed by atoms with Crippen LogP contribution in [0.3, 0.4) is 0 Å². The van der Waals surface area contributed by atoms with Crippen LogP contribution in [0, 0.1) is 24.8 Å². The van der Waals surface area contributed by atoms with Crippen molar-refractivity contribution in [1.82, 2.24) is 9.97 Å². The molecule has 2 heterocycles. The third-order valence-corrected chi connectivity index (χ3v) is 9.47. The Bertz CT molecular complexity index is 1980. The summed E-state index contributed by atoms with van der Waals surface area (Å²) in [7, 11) is 0. The average molecular weight is 623 g/mol. The molecule has 218 valence electrons. The van der Waals surface area contributed by atoms with Crippen molar-refractivity contribution in [3.63, 3.8) is 0 Å². The molecular weight excluding hydrogens is 599 g/mol. The Morgan fingerprint density at radius 3 is 1.91 bits per heavy atom. The monoisotopic (exact) mass is 622 g/mol. The second-order valence-electron chi connectivity index (χ2n) is 10.3. The van der Waals surface area contributed by atoms with Crippen LogP contribution in [-0.2, 0) is 25.7 Å². The minimum Gasteiger partial charge on any atom is -0.375 e. The number of hydrogen-bond donors (Lipinski definition) is 2. The van der Waals surface area contributed by atoms with Gasteiger partial charge in [-0.3, -0.25) is 10.1 Å². The van der Waals surface area contributed by atoms with Gasteiger partial charge in [0.1, 0.15) is 17.2 Å². The van der Waals surface area contributed by atoms with E-state index in [4.69, 9.17) is 18.9 Å². The van der Waals surface area contributed by atoms with Crippen molar-refractivity contribution in [3.05, 3.63) is 117 Å². The number of aryl methyl sites for hydroxylation is 4. The minimum absolute atomic E-state index is 0.301. The molecule has 3 N–H and O–H groups in total. The summed E-state index contributed by atoms with van der Waals surface area (Å²) >= 11 is 2.82. The van der Waals surface area contributed by atoms with Gasteiger partial charge in [0.2, 0.25) is 0 Å². The summed E-state index contributed by atoms with van der Waals surface area (Å²) in [4.78, 5) is 30.2. The Balaban J connectivity index is 0.000000173. The number of hydrogen-bond acceptors (Lipinski definition) is 6. The number of nitrogens with one attached hydrogen (secondary N) is 1. The van der Waals surface area contributed by atoms with Gasteiger partial charge in [0.25, 0.3) is 5.91 Å². The van der Waals surface area contributed by atoms with Gasteiger partial charge in [-0.15, -0.1) is 0 Å². The lowest BCUT2D eigenvalue weighted by atomic mass is 10.0. The highest BCUT2D eigenvalue weighted by Crippen LogP contribution is 2.41. The minimum atomic E-state index is -0.914. The van der Waals surface area contributed by atoms with Crippen molar-refractivity contribution in [3.8, 4) is 20.9 Å². The number of nitrogen functional groups attached to an aromatic ring is 1. The molecule has 1 amide bonds. The number of nitrogens with two attached hydrogens (primary N) is 1. The van der Waals surface area contributed by atoms with Crippen LogP contribution in [0.2, 0.25) is 0 Å². The molecule has 7 rings (SSSR count). The van der Waals surface area contributed by atoms with E-state index in [0.29, 0.717) is 21.6 Å². The molecule has 44 heavy (non-hydrogen) atoms. The van der Waals surface area contributed by atoms with Gasteiger partial charge in [-0.1, -0.05) is 65.1 Å². The molecule has 0 saturated heterocycles. The molecule has 5 aromatic rings. The topological polar surface area (TPSA) is 89.6 Å². The molecule has 2 aliphatic carbocycles. The molecule has 7 nitrogen and oxygen atoms in total. The highest BCUT2D eigenvalue weighted by Gasteiger charge is 2.23. The van der Waals surface area contributed by atoms with E-state index >= 15 is 0 Å². The zero-order valence-electron chi connectivity index (χ0n) is 23.3. The second kappa shape index (κ2) is 12.3. The van der Waals surface area contributed by atoms with E-state index in [1.54, 1.807) is 17.4 Å². The van der Waals surface area contributed by atoms with Crippen LogP contribution >= 0.6 is 22.7 Å². The summed E-state index contributed by atoms with van der Waals surface area (Å²) in [5.74, 6) is -2.69. The summed E-state index contributed by atoms with van der Waals surface area (Å²) < 4.78 is 27.6. The van der Waals surface area contributed by atoms with Gasteiger partial charge < -0.3 is 5.73 Å². The lowest BCUT2D eigenvalue weighted by molar-refractivity contribution is 0.101. The Hall–Kier alpha value is -4.97. The Kier molecular flexibility index (Phi) is 8.16. The van der Waals surface area contributed by atoms with Crippen LogP contribution in [0.4, 0.5) is 30.4 Å². The largest absolute Gasteiger partial charge is 0.375 e. The van der Waals surface area contributed by atoms with Crippen LogP contribution in [0.5, 0.6) is 0 Å². The molecule has 0 spiro atoms. The summed E-state index contributed by atoms with van der Waals surface area (Å²) in [6.07, 6.45) is 5.53. The molecule has 0 radical (unpaired) electrons. The van der Waals surface area contributed by atoms with E-state index < -0.39 is 23.1 Å². The van der Waals surface area contributed by atoms with Gasteiger partial charge in [-0.25, -0.2) is 28.4 Å². The van der Waals surface area contributed by atoms with Crippen LogP contribution < -0.4 is 11.1 Å². The van der Waals surface area contributed by atoms with Gasteiger partial charge >= 0.3 is 0 Å². The molecule has 0 bridgehead atoms. The number of nitrogens with zero attached hydrogens (tertiary/aromatic N) is 4. The quantitative estimate of drug-likeness (QED) is 0.193. The molecule has 0 saturated carbocycles. The normalized spacial score (nSPS) is 12.8. The van der Waals surface area contributed by atoms with Gasteiger partial charge in [-0.05, 0) is 72.9 Å². The van der Waals surface area contributed by atoms with Crippen LogP contribution in [0.15, 0.2) is 54.6 Å². The fraction of sp³-hybridized carbons (Fsp3) is 0.182. The molecule has 0 aliphatic heterocycles. The molecule has 0 unspecified atom stereocenters. The van der Waals surface area contributed by atoms with E-state index in [1.807, 2.05) is 30.3 Å². The molecular formula is C33H24F2N6OS2. The van der Waals surface area contributed by atoms with Crippen molar-refractivity contribution in [2.75, 3.05) is 11.1 Å². The lowest BCUT2D eigenvalue weighted by Crippen LogP contribution is -2.15. The maximum absolute atomic E-state index is 13.8. The predicted molar refractivity (Wildman–Crippen MR) is 170 cm³/mol. The molecule has 0 fully saturated rings. The average Bonchev–Trinajstić information content (AvgIpc) is 3.48. The van der Waals surface area contributed by atoms with Crippen molar-refractivity contribution >= 4 is 50.2 Å². The highest BCUT2D eigenvalue weighted by atomic mass is 32.1. The number of rotatable bonds is 2. The van der Waals surface area contributed by atoms with Gasteiger partial charge in [-0.2, -0.15) is 0 Å². The van der Waals surface area contributed by atoms with Gasteiger partial charge in [0.05, 0.1) is 34.3 Å². The zero-order chi connectivity index (χ0) is 30.8. The summed E-state index contributed by atoms with van der Waals surface area (Å²) in [5.41, 5.74) is 12.9. The van der Waals surface area contributed by atoms with Crippen LogP contribution in [0.25, 0.3) is 30.6 Å². The zero-order valence-corrected chi connectivity index (χ0v) is 24.9. The molecule has 2 aliphatic rings. The molecule has 2 aromatic heterocycles. The fourth-order valence-corrected chi connectivity index (χ4v) is 7.47. The first-order valence-electron chi connectivity index (χ1n) is 13.9. The maximum atomic E-state index is 13.8. The van der Waals surface area contributed by atoms with Crippen LogP contribution in [-0.4, -0.2) is 15.9 Å².